The molecule has 1 aromatic carbocycles. The molecule has 0 aliphatic rings. The van der Waals surface area contributed by atoms with Gasteiger partial charge in [0.2, 0.25) is 0 Å². The van der Waals surface area contributed by atoms with Crippen molar-refractivity contribution in [1.82, 2.24) is 5.32 Å². The van der Waals surface area contributed by atoms with Gasteiger partial charge in [0.25, 0.3) is 0 Å². The summed E-state index contributed by atoms with van der Waals surface area (Å²) in [5, 5.41) is 3.60. The Morgan fingerprint density at radius 1 is 1.29 bits per heavy atom. The second-order valence-corrected chi connectivity index (χ2v) is 6.35. The molecule has 0 aliphatic carbocycles. The van der Waals surface area contributed by atoms with E-state index >= 15 is 0 Å². The van der Waals surface area contributed by atoms with Crippen molar-refractivity contribution < 1.29 is 0 Å². The van der Waals surface area contributed by atoms with Crippen molar-refractivity contribution in [3.8, 4) is 0 Å². The Morgan fingerprint density at radius 2 is 2.06 bits per heavy atom. The molecule has 1 rings (SSSR count). The number of rotatable bonds is 7. The fourth-order valence-corrected chi connectivity index (χ4v) is 3.08. The molecule has 0 bridgehead atoms. The predicted octanol–water partition coefficient (Wildman–Crippen LogP) is 5.28. The Kier molecular flexibility index (Phi) is 7.71. The van der Waals surface area contributed by atoms with E-state index in [0.717, 1.165) is 6.54 Å². The van der Waals surface area contributed by atoms with Crippen molar-refractivity contribution in [2.45, 2.75) is 45.6 Å². The molecule has 3 heteroatoms. The molecule has 0 aliphatic heterocycles. The first-order valence-corrected chi connectivity index (χ1v) is 8.24. The van der Waals surface area contributed by atoms with Crippen LogP contribution in [0.1, 0.15) is 51.1 Å². The number of hydrogen-bond donors (Lipinski definition) is 1. The van der Waals surface area contributed by atoms with Gasteiger partial charge in [0.1, 0.15) is 0 Å². The summed E-state index contributed by atoms with van der Waals surface area (Å²) >= 11 is 6.00. The molecule has 96 valence electrons. The van der Waals surface area contributed by atoms with Crippen molar-refractivity contribution in [2.75, 3.05) is 6.54 Å². The highest BCUT2D eigenvalue weighted by atomic mass is 127. The summed E-state index contributed by atoms with van der Waals surface area (Å²) < 4.78 is 2.53. The van der Waals surface area contributed by atoms with Crippen molar-refractivity contribution in [1.29, 1.82) is 0 Å². The smallest absolute Gasteiger partial charge is 0.0331 e. The molecule has 1 N–H and O–H groups in total. The highest BCUT2D eigenvalue weighted by Crippen LogP contribution is 2.27. The van der Waals surface area contributed by atoms with Gasteiger partial charge in [0.15, 0.2) is 0 Å². The Morgan fingerprint density at radius 3 is 2.71 bits per heavy atom. The molecule has 1 atom stereocenters. The highest BCUT2D eigenvalue weighted by molar-refractivity contribution is 14.1. The number of nitrogens with one attached hydrogen (secondary N) is 1. The normalized spacial score (nSPS) is 12.7. The third-order valence-corrected chi connectivity index (χ3v) is 4.36. The predicted molar refractivity (Wildman–Crippen MR) is 87.4 cm³/mol. The van der Waals surface area contributed by atoms with E-state index in [0.29, 0.717) is 6.04 Å². The molecule has 0 aromatic heterocycles. The van der Waals surface area contributed by atoms with Gasteiger partial charge in [-0.05, 0) is 59.3 Å². The fourth-order valence-electron chi connectivity index (χ4n) is 1.99. The van der Waals surface area contributed by atoms with Crippen LogP contribution in [0.5, 0.6) is 0 Å². The van der Waals surface area contributed by atoms with Gasteiger partial charge < -0.3 is 5.32 Å². The molecule has 17 heavy (non-hydrogen) atoms. The van der Waals surface area contributed by atoms with Gasteiger partial charge in [-0.1, -0.05) is 49.0 Å². The van der Waals surface area contributed by atoms with Crippen LogP contribution in [0.3, 0.4) is 0 Å². The van der Waals surface area contributed by atoms with Gasteiger partial charge in [0, 0.05) is 14.1 Å². The molecule has 0 saturated heterocycles. The van der Waals surface area contributed by atoms with Crippen LogP contribution in [0.25, 0.3) is 0 Å². The van der Waals surface area contributed by atoms with Crippen LogP contribution < -0.4 is 5.32 Å². The van der Waals surface area contributed by atoms with E-state index in [1.54, 1.807) is 0 Å². The third-order valence-electron chi connectivity index (χ3n) is 2.88. The first kappa shape index (κ1) is 15.4. The average Bonchev–Trinajstić information content (AvgIpc) is 2.32. The van der Waals surface area contributed by atoms with Crippen LogP contribution in [-0.4, -0.2) is 6.54 Å². The second kappa shape index (κ2) is 8.48. The SMILES string of the molecule is CCCCCC(NCC)c1cc(Br)ccc1I. The molecule has 1 nitrogen and oxygen atoms in total. The molecular weight excluding hydrogens is 389 g/mol. The molecule has 0 amide bonds. The molecule has 0 saturated carbocycles. The summed E-state index contributed by atoms with van der Waals surface area (Å²) in [6, 6.07) is 7.04. The van der Waals surface area contributed by atoms with E-state index in [1.165, 1.54) is 39.3 Å². The number of halogens is 2. The quantitative estimate of drug-likeness (QED) is 0.476. The minimum absolute atomic E-state index is 0.496. The van der Waals surface area contributed by atoms with E-state index in [-0.39, 0.29) is 0 Å². The largest absolute Gasteiger partial charge is 0.310 e. The van der Waals surface area contributed by atoms with Crippen molar-refractivity contribution in [3.05, 3.63) is 31.8 Å². The van der Waals surface area contributed by atoms with Gasteiger partial charge in [-0.3, -0.25) is 0 Å². The summed E-state index contributed by atoms with van der Waals surface area (Å²) in [4.78, 5) is 0. The standard InChI is InChI=1S/C14H21BrIN/c1-3-5-6-7-14(17-4-2)12-10-11(15)8-9-13(12)16/h8-10,14,17H,3-7H2,1-2H3. The van der Waals surface area contributed by atoms with Gasteiger partial charge in [-0.2, -0.15) is 0 Å². The van der Waals surface area contributed by atoms with Gasteiger partial charge in [0.05, 0.1) is 0 Å². The average molecular weight is 410 g/mol. The monoisotopic (exact) mass is 409 g/mol. The Bertz CT molecular complexity index is 341. The van der Waals surface area contributed by atoms with Gasteiger partial charge >= 0.3 is 0 Å². The summed E-state index contributed by atoms with van der Waals surface area (Å²) in [7, 11) is 0. The number of hydrogen-bond acceptors (Lipinski definition) is 1. The molecule has 0 heterocycles. The lowest BCUT2D eigenvalue weighted by molar-refractivity contribution is 0.485. The van der Waals surface area contributed by atoms with E-state index in [9.17, 15) is 0 Å². The maximum atomic E-state index is 3.60. The second-order valence-electron chi connectivity index (χ2n) is 4.27. The van der Waals surface area contributed by atoms with Crippen molar-refractivity contribution in [3.63, 3.8) is 0 Å². The first-order valence-electron chi connectivity index (χ1n) is 6.37. The molecular formula is C14H21BrIN. The van der Waals surface area contributed by atoms with E-state index in [4.69, 9.17) is 0 Å². The van der Waals surface area contributed by atoms with Crippen LogP contribution in [0.4, 0.5) is 0 Å². The maximum absolute atomic E-state index is 3.60. The van der Waals surface area contributed by atoms with E-state index in [2.05, 4.69) is 75.9 Å². The number of unbranched alkanes of at least 4 members (excludes halogenated alkanes) is 2. The lowest BCUT2D eigenvalue weighted by atomic mass is 10.0. The third kappa shape index (κ3) is 5.26. The Hall–Kier alpha value is 0.390. The van der Waals surface area contributed by atoms with Gasteiger partial charge in [-0.25, -0.2) is 0 Å². The topological polar surface area (TPSA) is 12.0 Å². The molecule has 0 spiro atoms. The first-order chi connectivity index (χ1) is 8.19. The van der Waals surface area contributed by atoms with Crippen LogP contribution in [0, 0.1) is 3.57 Å². The van der Waals surface area contributed by atoms with Crippen molar-refractivity contribution in [2.24, 2.45) is 0 Å². The van der Waals surface area contributed by atoms with Crippen LogP contribution >= 0.6 is 38.5 Å². The summed E-state index contributed by atoms with van der Waals surface area (Å²) in [6.45, 7) is 5.46. The van der Waals surface area contributed by atoms with Crippen molar-refractivity contribution >= 4 is 38.5 Å². The zero-order valence-corrected chi connectivity index (χ0v) is 14.3. The van der Waals surface area contributed by atoms with Gasteiger partial charge in [-0.15, -0.1) is 0 Å². The molecule has 1 unspecified atom stereocenters. The molecule has 0 radical (unpaired) electrons. The Balaban J connectivity index is 2.77. The van der Waals surface area contributed by atoms with Crippen LogP contribution in [0.15, 0.2) is 22.7 Å². The fraction of sp³-hybridized carbons (Fsp3) is 0.571. The molecule has 1 aromatic rings. The maximum Gasteiger partial charge on any atom is 0.0331 e. The van der Waals surface area contributed by atoms with E-state index < -0.39 is 0 Å². The lowest BCUT2D eigenvalue weighted by Crippen LogP contribution is -2.21. The minimum Gasteiger partial charge on any atom is -0.310 e. The summed E-state index contributed by atoms with van der Waals surface area (Å²) in [5.41, 5.74) is 1.43. The summed E-state index contributed by atoms with van der Waals surface area (Å²) in [5.74, 6) is 0. The molecule has 0 fully saturated rings. The zero-order valence-electron chi connectivity index (χ0n) is 10.6. The highest BCUT2D eigenvalue weighted by Gasteiger charge is 2.13. The van der Waals surface area contributed by atoms with Crippen LogP contribution in [0.2, 0.25) is 0 Å². The lowest BCUT2D eigenvalue weighted by Gasteiger charge is -2.20. The van der Waals surface area contributed by atoms with E-state index in [1.807, 2.05) is 0 Å². The Labute approximate surface area is 127 Å². The number of benzene rings is 1. The minimum atomic E-state index is 0.496. The van der Waals surface area contributed by atoms with Crippen LogP contribution in [-0.2, 0) is 0 Å². The zero-order chi connectivity index (χ0) is 12.7. The summed E-state index contributed by atoms with van der Waals surface area (Å²) in [6.07, 6.45) is 5.14.